The predicted octanol–water partition coefficient (Wildman–Crippen LogP) is 4.14. The second-order valence-electron chi connectivity index (χ2n) is 5.84. The topological polar surface area (TPSA) is 113 Å². The number of benzene rings is 2. The van der Waals surface area contributed by atoms with Crippen LogP contribution < -0.4 is 15.4 Å². The monoisotopic (exact) mass is 399 g/mol. The minimum Gasteiger partial charge on any atom is -0.435 e. The molecule has 0 aliphatic rings. The minimum absolute atomic E-state index is 0.0478. The molecule has 3 rings (SSSR count). The van der Waals surface area contributed by atoms with Gasteiger partial charge < -0.3 is 15.4 Å². The van der Waals surface area contributed by atoms with Gasteiger partial charge in [-0.1, -0.05) is 12.1 Å². The van der Waals surface area contributed by atoms with Gasteiger partial charge in [-0.25, -0.2) is 0 Å². The summed E-state index contributed by atoms with van der Waals surface area (Å²) < 4.78 is 29.4. The molecule has 1 aromatic heterocycles. The number of aromatic nitrogens is 1. The fourth-order valence-corrected chi connectivity index (χ4v) is 2.79. The zero-order chi connectivity index (χ0) is 20.8. The summed E-state index contributed by atoms with van der Waals surface area (Å²) in [4.78, 5) is 14.7. The summed E-state index contributed by atoms with van der Waals surface area (Å²) in [7, 11) is 0. The Morgan fingerprint density at radius 1 is 1.21 bits per heavy atom. The highest BCUT2D eigenvalue weighted by molar-refractivity contribution is 5.94. The lowest BCUT2D eigenvalue weighted by Gasteiger charge is -2.13. The first-order chi connectivity index (χ1) is 14.0. The first kappa shape index (κ1) is 19.8. The normalized spacial score (nSPS) is 10.6. The van der Waals surface area contributed by atoms with Crippen LogP contribution in [0, 0.1) is 21.4 Å². The van der Waals surface area contributed by atoms with E-state index >= 15 is 0 Å². The molecular formula is C19H15F2N5O3. The third-order valence-electron chi connectivity index (χ3n) is 4.03. The number of nitro benzene ring substituents is 1. The van der Waals surface area contributed by atoms with Gasteiger partial charge in [0.15, 0.2) is 0 Å². The first-order valence-electron chi connectivity index (χ1n) is 8.48. The number of pyridine rings is 1. The van der Waals surface area contributed by atoms with Gasteiger partial charge >= 0.3 is 6.61 Å². The smallest absolute Gasteiger partial charge is 0.387 e. The predicted molar refractivity (Wildman–Crippen MR) is 103 cm³/mol. The van der Waals surface area contributed by atoms with Crippen LogP contribution in [-0.4, -0.2) is 29.6 Å². The van der Waals surface area contributed by atoms with Crippen molar-refractivity contribution in [2.75, 3.05) is 23.7 Å². The number of ether oxygens (including phenoxy) is 1. The van der Waals surface area contributed by atoms with E-state index in [1.54, 1.807) is 18.2 Å². The summed E-state index contributed by atoms with van der Waals surface area (Å²) >= 11 is 0. The summed E-state index contributed by atoms with van der Waals surface area (Å²) in [5.74, 6) is -0.0505. The summed E-state index contributed by atoms with van der Waals surface area (Å²) in [5, 5.41) is 26.9. The van der Waals surface area contributed by atoms with Crippen LogP contribution in [0.25, 0.3) is 10.9 Å². The highest BCUT2D eigenvalue weighted by Gasteiger charge is 2.13. The van der Waals surface area contributed by atoms with Crippen LogP contribution in [0.15, 0.2) is 48.7 Å². The second kappa shape index (κ2) is 8.79. The van der Waals surface area contributed by atoms with Crippen molar-refractivity contribution >= 4 is 28.0 Å². The molecule has 0 fully saturated rings. The van der Waals surface area contributed by atoms with Crippen LogP contribution >= 0.6 is 0 Å². The molecule has 2 N–H and O–H groups in total. The number of para-hydroxylation sites is 2. The zero-order valence-corrected chi connectivity index (χ0v) is 14.9. The van der Waals surface area contributed by atoms with Crippen molar-refractivity contribution in [3.63, 3.8) is 0 Å². The lowest BCUT2D eigenvalue weighted by molar-refractivity contribution is -0.384. The number of rotatable bonds is 8. The maximum atomic E-state index is 12.5. The van der Waals surface area contributed by atoms with Crippen molar-refractivity contribution < 1.29 is 18.4 Å². The number of nitrogens with zero attached hydrogens (tertiary/aromatic N) is 3. The molecule has 8 nitrogen and oxygen atoms in total. The zero-order valence-electron chi connectivity index (χ0n) is 14.9. The molecule has 0 unspecified atom stereocenters. The van der Waals surface area contributed by atoms with Crippen molar-refractivity contribution in [1.29, 1.82) is 5.26 Å². The fraction of sp³-hybridized carbons (Fsp3) is 0.158. The number of hydrogen-bond donors (Lipinski definition) is 2. The molecule has 1 heterocycles. The van der Waals surface area contributed by atoms with Gasteiger partial charge in [0.25, 0.3) is 5.69 Å². The number of nitrogens with one attached hydrogen (secondary N) is 2. The van der Waals surface area contributed by atoms with Crippen molar-refractivity contribution in [3.8, 4) is 11.8 Å². The molecule has 148 valence electrons. The van der Waals surface area contributed by atoms with Gasteiger partial charge in [0.2, 0.25) is 0 Å². The first-order valence-corrected chi connectivity index (χ1v) is 8.48. The van der Waals surface area contributed by atoms with Gasteiger partial charge in [0, 0.05) is 30.7 Å². The van der Waals surface area contributed by atoms with E-state index in [-0.39, 0.29) is 17.0 Å². The average Bonchev–Trinajstić information content (AvgIpc) is 2.70. The highest BCUT2D eigenvalue weighted by Crippen LogP contribution is 2.29. The molecule has 0 spiro atoms. The van der Waals surface area contributed by atoms with Crippen molar-refractivity contribution in [3.05, 3.63) is 64.3 Å². The molecular weight excluding hydrogens is 384 g/mol. The largest absolute Gasteiger partial charge is 0.435 e. The van der Waals surface area contributed by atoms with E-state index in [0.717, 1.165) is 0 Å². The number of fused-ring (bicyclic) bond motifs is 1. The van der Waals surface area contributed by atoms with Crippen molar-refractivity contribution in [2.45, 2.75) is 6.61 Å². The van der Waals surface area contributed by atoms with Gasteiger partial charge in [-0.3, -0.25) is 15.1 Å². The summed E-state index contributed by atoms with van der Waals surface area (Å²) in [6, 6.07) is 12.5. The molecule has 2 aromatic carbocycles. The van der Waals surface area contributed by atoms with Crippen LogP contribution in [0.2, 0.25) is 0 Å². The van der Waals surface area contributed by atoms with E-state index < -0.39 is 11.5 Å². The number of anilines is 2. The van der Waals surface area contributed by atoms with E-state index in [0.29, 0.717) is 35.4 Å². The molecule has 0 bridgehead atoms. The van der Waals surface area contributed by atoms with Crippen LogP contribution in [0.1, 0.15) is 5.56 Å². The highest BCUT2D eigenvalue weighted by atomic mass is 19.3. The van der Waals surface area contributed by atoms with Gasteiger partial charge in [-0.15, -0.1) is 0 Å². The Balaban J connectivity index is 1.78. The van der Waals surface area contributed by atoms with Gasteiger partial charge in [-0.05, 0) is 24.3 Å². The lowest BCUT2D eigenvalue weighted by atomic mass is 10.1. The number of alkyl halides is 2. The standard InChI is InChI=1S/C19H15F2N5O3/c20-19(21)29-13-5-6-15-14(9-13)18(12(10-22)11-25-15)24-8-7-23-16-3-1-2-4-17(16)26(27)28/h1-6,9,11,19,23H,7-8H2,(H,24,25). The molecule has 0 aliphatic carbocycles. The van der Waals surface area contributed by atoms with Gasteiger partial charge in [-0.2, -0.15) is 14.0 Å². The van der Waals surface area contributed by atoms with Gasteiger partial charge in [0.05, 0.1) is 21.7 Å². The minimum atomic E-state index is -2.97. The lowest BCUT2D eigenvalue weighted by Crippen LogP contribution is -2.15. The van der Waals surface area contributed by atoms with Crippen LogP contribution in [0.4, 0.5) is 25.8 Å². The quantitative estimate of drug-likeness (QED) is 0.332. The third-order valence-corrected chi connectivity index (χ3v) is 4.03. The van der Waals surface area contributed by atoms with E-state index in [1.807, 2.05) is 6.07 Å². The number of nitriles is 1. The number of nitro groups is 1. The SMILES string of the molecule is N#Cc1cnc2ccc(OC(F)F)cc2c1NCCNc1ccccc1[N+](=O)[O-]. The molecule has 0 radical (unpaired) electrons. The van der Waals surface area contributed by atoms with Crippen molar-refractivity contribution in [2.24, 2.45) is 0 Å². The van der Waals surface area contributed by atoms with Crippen LogP contribution in [0.3, 0.4) is 0 Å². The molecule has 3 aromatic rings. The summed E-state index contributed by atoms with van der Waals surface area (Å²) in [5.41, 5.74) is 1.47. The van der Waals surface area contributed by atoms with E-state index in [4.69, 9.17) is 0 Å². The molecule has 0 amide bonds. The summed E-state index contributed by atoms with van der Waals surface area (Å²) in [6.45, 7) is -2.35. The Bertz CT molecular complexity index is 1090. The maximum Gasteiger partial charge on any atom is 0.387 e. The average molecular weight is 399 g/mol. The Hall–Kier alpha value is -4.00. The van der Waals surface area contributed by atoms with E-state index in [9.17, 15) is 24.2 Å². The molecule has 0 atom stereocenters. The fourth-order valence-electron chi connectivity index (χ4n) is 2.79. The molecule has 0 aliphatic heterocycles. The Kier molecular flexibility index (Phi) is 5.99. The number of halogens is 2. The molecule has 29 heavy (non-hydrogen) atoms. The van der Waals surface area contributed by atoms with E-state index in [1.165, 1.54) is 30.5 Å². The van der Waals surface area contributed by atoms with Crippen LogP contribution in [-0.2, 0) is 0 Å². The second-order valence-corrected chi connectivity index (χ2v) is 5.84. The van der Waals surface area contributed by atoms with Gasteiger partial charge in [0.1, 0.15) is 17.5 Å². The Morgan fingerprint density at radius 2 is 1.97 bits per heavy atom. The van der Waals surface area contributed by atoms with Crippen LogP contribution in [0.5, 0.6) is 5.75 Å². The molecule has 0 saturated carbocycles. The summed E-state index contributed by atoms with van der Waals surface area (Å²) in [6.07, 6.45) is 1.38. The molecule has 10 heteroatoms. The Morgan fingerprint density at radius 3 is 2.69 bits per heavy atom. The van der Waals surface area contributed by atoms with E-state index in [2.05, 4.69) is 20.4 Å². The maximum absolute atomic E-state index is 12.5. The third kappa shape index (κ3) is 4.65. The van der Waals surface area contributed by atoms with Crippen molar-refractivity contribution in [1.82, 2.24) is 4.98 Å². The number of hydrogen-bond acceptors (Lipinski definition) is 7. The Labute approximate surface area is 163 Å². The molecule has 0 saturated heterocycles.